The summed E-state index contributed by atoms with van der Waals surface area (Å²) in [5.41, 5.74) is 0.339. The van der Waals surface area contributed by atoms with E-state index in [0.717, 1.165) is 0 Å². The van der Waals surface area contributed by atoms with E-state index in [1.165, 1.54) is 32.2 Å². The van der Waals surface area contributed by atoms with Crippen molar-refractivity contribution in [1.29, 1.82) is 0 Å². The van der Waals surface area contributed by atoms with Gasteiger partial charge >= 0.3 is 5.97 Å². The summed E-state index contributed by atoms with van der Waals surface area (Å²) >= 11 is 0. The molecule has 0 spiro atoms. The third kappa shape index (κ3) is 4.78. The molecule has 0 bridgehead atoms. The van der Waals surface area contributed by atoms with Crippen molar-refractivity contribution in [2.75, 3.05) is 12.9 Å². The quantitative estimate of drug-likeness (QED) is 0.792. The largest absolute Gasteiger partial charge is 0.496 e. The molecule has 1 atom stereocenters. The van der Waals surface area contributed by atoms with Crippen molar-refractivity contribution >= 4 is 16.0 Å². The summed E-state index contributed by atoms with van der Waals surface area (Å²) in [6.07, 6.45) is -0.498. The van der Waals surface area contributed by atoms with Gasteiger partial charge in [0.05, 0.1) is 19.3 Å². The Kier molecular flexibility index (Phi) is 5.46. The van der Waals surface area contributed by atoms with Gasteiger partial charge in [-0.05, 0) is 25.1 Å². The van der Waals surface area contributed by atoms with Crippen molar-refractivity contribution in [1.82, 2.24) is 4.72 Å². The molecule has 20 heavy (non-hydrogen) atoms. The average molecular weight is 305 g/mol. The molecule has 0 fully saturated rings. The molecule has 0 aromatic heterocycles. The van der Waals surface area contributed by atoms with Crippen molar-refractivity contribution in [2.24, 2.45) is 0 Å². The number of carbonyl (C=O) groups is 1. The van der Waals surface area contributed by atoms with Crippen LogP contribution in [0.2, 0.25) is 0 Å². The highest BCUT2D eigenvalue weighted by Gasteiger charge is 2.20. The van der Waals surface area contributed by atoms with E-state index in [2.05, 4.69) is 4.72 Å². The first kappa shape index (κ1) is 16.4. The Labute approximate surface area is 116 Å². The molecule has 0 radical (unpaired) electrons. The predicted octanol–water partition coefficient (Wildman–Crippen LogP) is 1.29. The number of methoxy groups -OCH3 is 1. The Balaban J connectivity index is 2.88. The highest BCUT2D eigenvalue weighted by atomic mass is 32.2. The third-order valence-corrected chi connectivity index (χ3v) is 4.05. The van der Waals surface area contributed by atoms with Crippen LogP contribution in [0.25, 0.3) is 0 Å². The normalized spacial score (nSPS) is 12.9. The van der Waals surface area contributed by atoms with E-state index in [9.17, 15) is 17.6 Å². The van der Waals surface area contributed by atoms with Crippen LogP contribution in [0.3, 0.4) is 0 Å². The number of nitrogens with one attached hydrogen (secondary N) is 1. The Hall–Kier alpha value is -1.67. The number of ether oxygens (including phenoxy) is 1. The van der Waals surface area contributed by atoms with E-state index in [4.69, 9.17) is 9.84 Å². The molecular formula is C12H16FNO5S. The zero-order chi connectivity index (χ0) is 15.3. The zero-order valence-corrected chi connectivity index (χ0v) is 11.9. The number of sulfonamides is 1. The van der Waals surface area contributed by atoms with Crippen molar-refractivity contribution in [3.8, 4) is 5.75 Å². The highest BCUT2D eigenvalue weighted by molar-refractivity contribution is 7.89. The van der Waals surface area contributed by atoms with Crippen LogP contribution in [-0.2, 0) is 14.8 Å². The lowest BCUT2D eigenvalue weighted by atomic mass is 10.1. The molecular weight excluding hydrogens is 289 g/mol. The van der Waals surface area contributed by atoms with Crippen LogP contribution < -0.4 is 9.46 Å². The second-order valence-corrected chi connectivity index (χ2v) is 6.06. The molecule has 1 rings (SSSR count). The standard InChI is InChI=1S/C12H16FNO5S/c1-8(14-20(17,18)6-5-12(15)16)10-7-9(13)3-4-11(10)19-2/h3-4,7-8,14H,5-6H2,1-2H3,(H,15,16). The number of aliphatic carboxylic acids is 1. The van der Waals surface area contributed by atoms with E-state index in [1.807, 2.05) is 0 Å². The monoisotopic (exact) mass is 305 g/mol. The van der Waals surface area contributed by atoms with Crippen molar-refractivity contribution in [3.63, 3.8) is 0 Å². The van der Waals surface area contributed by atoms with Gasteiger partial charge in [-0.3, -0.25) is 4.79 Å². The van der Waals surface area contributed by atoms with Gasteiger partial charge in [-0.15, -0.1) is 0 Å². The van der Waals surface area contributed by atoms with E-state index in [0.29, 0.717) is 11.3 Å². The van der Waals surface area contributed by atoms with Gasteiger partial charge in [0.2, 0.25) is 10.0 Å². The number of hydrogen-bond acceptors (Lipinski definition) is 4. The highest BCUT2D eigenvalue weighted by Crippen LogP contribution is 2.26. The number of rotatable bonds is 7. The van der Waals surface area contributed by atoms with E-state index in [-0.39, 0.29) is 0 Å². The minimum Gasteiger partial charge on any atom is -0.496 e. The maximum absolute atomic E-state index is 13.2. The fraction of sp³-hybridized carbons (Fsp3) is 0.417. The maximum atomic E-state index is 13.2. The summed E-state index contributed by atoms with van der Waals surface area (Å²) in [7, 11) is -2.38. The molecule has 2 N–H and O–H groups in total. The van der Waals surface area contributed by atoms with E-state index < -0.39 is 40.0 Å². The maximum Gasteiger partial charge on any atom is 0.304 e. The topological polar surface area (TPSA) is 92.7 Å². The average Bonchev–Trinajstić information content (AvgIpc) is 2.36. The summed E-state index contributed by atoms with van der Waals surface area (Å²) < 4.78 is 43.9. The first-order valence-corrected chi connectivity index (χ1v) is 7.45. The minimum absolute atomic E-state index is 0.339. The lowest BCUT2D eigenvalue weighted by Crippen LogP contribution is -2.30. The first-order valence-electron chi connectivity index (χ1n) is 5.80. The Morgan fingerprint density at radius 1 is 1.50 bits per heavy atom. The summed E-state index contributed by atoms with van der Waals surface area (Å²) in [5.74, 6) is -1.91. The van der Waals surface area contributed by atoms with Crippen molar-refractivity contribution in [2.45, 2.75) is 19.4 Å². The predicted molar refractivity (Wildman–Crippen MR) is 70.5 cm³/mol. The van der Waals surface area contributed by atoms with Gasteiger partial charge in [-0.2, -0.15) is 0 Å². The number of carboxylic acids is 1. The summed E-state index contributed by atoms with van der Waals surface area (Å²) in [5, 5.41) is 8.48. The molecule has 0 amide bonds. The molecule has 0 heterocycles. The first-order chi connectivity index (χ1) is 9.25. The number of halogens is 1. The molecule has 112 valence electrons. The third-order valence-electron chi connectivity index (χ3n) is 2.60. The van der Waals surface area contributed by atoms with Crippen LogP contribution in [0.1, 0.15) is 24.9 Å². The lowest BCUT2D eigenvalue weighted by molar-refractivity contribution is -0.136. The second-order valence-electron chi connectivity index (χ2n) is 4.19. The Morgan fingerprint density at radius 3 is 2.70 bits per heavy atom. The van der Waals surface area contributed by atoms with Gasteiger partial charge in [0, 0.05) is 11.6 Å². The molecule has 1 unspecified atom stereocenters. The van der Waals surface area contributed by atoms with Gasteiger partial charge < -0.3 is 9.84 Å². The van der Waals surface area contributed by atoms with Gasteiger partial charge in [0.25, 0.3) is 0 Å². The molecule has 0 aliphatic carbocycles. The smallest absolute Gasteiger partial charge is 0.304 e. The molecule has 0 aliphatic rings. The lowest BCUT2D eigenvalue weighted by Gasteiger charge is -2.17. The van der Waals surface area contributed by atoms with Gasteiger partial charge in [0.1, 0.15) is 11.6 Å². The van der Waals surface area contributed by atoms with Crippen LogP contribution in [0, 0.1) is 5.82 Å². The van der Waals surface area contributed by atoms with Gasteiger partial charge in [-0.25, -0.2) is 17.5 Å². The molecule has 6 nitrogen and oxygen atoms in total. The Bertz CT molecular complexity index is 588. The van der Waals surface area contributed by atoms with E-state index >= 15 is 0 Å². The summed E-state index contributed by atoms with van der Waals surface area (Å²) in [6, 6.07) is 3.03. The summed E-state index contributed by atoms with van der Waals surface area (Å²) in [6.45, 7) is 1.52. The van der Waals surface area contributed by atoms with Crippen LogP contribution in [0.4, 0.5) is 4.39 Å². The fourth-order valence-electron chi connectivity index (χ4n) is 1.66. The Morgan fingerprint density at radius 2 is 2.15 bits per heavy atom. The van der Waals surface area contributed by atoms with Crippen molar-refractivity contribution in [3.05, 3.63) is 29.6 Å². The van der Waals surface area contributed by atoms with Crippen molar-refractivity contribution < 1.29 is 27.4 Å². The van der Waals surface area contributed by atoms with Crippen LogP contribution in [-0.4, -0.2) is 32.4 Å². The van der Waals surface area contributed by atoms with E-state index in [1.54, 1.807) is 0 Å². The van der Waals surface area contributed by atoms with Crippen LogP contribution in [0.5, 0.6) is 5.75 Å². The molecule has 0 aliphatic heterocycles. The minimum atomic E-state index is -3.77. The molecule has 0 saturated carbocycles. The molecule has 8 heteroatoms. The fourth-order valence-corrected chi connectivity index (χ4v) is 2.88. The number of carboxylic acid groups (broad SMARTS) is 1. The second kappa shape index (κ2) is 6.67. The molecule has 0 saturated heterocycles. The SMILES string of the molecule is COc1ccc(F)cc1C(C)NS(=O)(=O)CCC(=O)O. The number of benzene rings is 1. The summed E-state index contributed by atoms with van der Waals surface area (Å²) in [4.78, 5) is 10.4. The molecule has 1 aromatic rings. The van der Waals surface area contributed by atoms with Gasteiger partial charge in [0.15, 0.2) is 0 Å². The van der Waals surface area contributed by atoms with Crippen LogP contribution >= 0.6 is 0 Å². The number of hydrogen-bond donors (Lipinski definition) is 2. The molecule has 1 aromatic carbocycles. The zero-order valence-electron chi connectivity index (χ0n) is 11.1. The van der Waals surface area contributed by atoms with Gasteiger partial charge in [-0.1, -0.05) is 0 Å². The van der Waals surface area contributed by atoms with Crippen LogP contribution in [0.15, 0.2) is 18.2 Å².